The minimum absolute atomic E-state index is 0.208. The number of carbonyl (C=O) groups is 1. The molecule has 158 valence electrons. The van der Waals surface area contributed by atoms with Crippen molar-refractivity contribution in [1.82, 2.24) is 19.9 Å². The lowest BCUT2D eigenvalue weighted by atomic mass is 10.1. The van der Waals surface area contributed by atoms with Gasteiger partial charge in [0.05, 0.1) is 23.3 Å². The summed E-state index contributed by atoms with van der Waals surface area (Å²) in [6.45, 7) is 5.76. The zero-order chi connectivity index (χ0) is 21.5. The molecule has 3 heterocycles. The van der Waals surface area contributed by atoms with Gasteiger partial charge in [-0.25, -0.2) is 4.98 Å². The number of hydrogen-bond acceptors (Lipinski definition) is 6. The van der Waals surface area contributed by atoms with Crippen LogP contribution in [0, 0.1) is 6.92 Å². The van der Waals surface area contributed by atoms with E-state index in [0.717, 1.165) is 41.9 Å². The summed E-state index contributed by atoms with van der Waals surface area (Å²) in [6, 6.07) is 12.9. The quantitative estimate of drug-likeness (QED) is 0.619. The molecule has 0 bridgehead atoms. The molecular weight excluding hydrogens is 460 g/mol. The van der Waals surface area contributed by atoms with Gasteiger partial charge >= 0.3 is 0 Å². The van der Waals surface area contributed by atoms with Crippen molar-refractivity contribution in [2.45, 2.75) is 6.92 Å². The van der Waals surface area contributed by atoms with Crippen LogP contribution in [0.1, 0.15) is 11.4 Å². The van der Waals surface area contributed by atoms with Crippen molar-refractivity contribution >= 4 is 44.1 Å². The number of anilines is 1. The standard InChI is InChI=1S/C22H21BrN6O2/c1-14-25-18-7-6-15(23)12-17(18)21(30)29(14)26-20-16-4-2-3-5-19(16)28(22(20)31)13-27-10-8-24-9-11-27/h2-7,12,24H,8-11,13H2,1H3/b26-20+. The number of aromatic nitrogens is 2. The highest BCUT2D eigenvalue weighted by molar-refractivity contribution is 9.10. The number of carbonyl (C=O) groups excluding carboxylic acids is 1. The average molecular weight is 481 g/mol. The number of benzene rings is 2. The molecule has 0 unspecified atom stereocenters. The van der Waals surface area contributed by atoms with E-state index >= 15 is 0 Å². The summed E-state index contributed by atoms with van der Waals surface area (Å²) in [5.41, 5.74) is 2.09. The van der Waals surface area contributed by atoms with Crippen LogP contribution in [-0.2, 0) is 4.79 Å². The number of nitrogens with one attached hydrogen (secondary N) is 1. The van der Waals surface area contributed by atoms with Crippen molar-refractivity contribution in [3.63, 3.8) is 0 Å². The van der Waals surface area contributed by atoms with Gasteiger partial charge in [-0.3, -0.25) is 19.4 Å². The fourth-order valence-electron chi connectivity index (χ4n) is 4.03. The fraction of sp³-hybridized carbons (Fsp3) is 0.273. The molecule has 1 saturated heterocycles. The molecule has 9 heteroatoms. The summed E-state index contributed by atoms with van der Waals surface area (Å²) >= 11 is 3.40. The van der Waals surface area contributed by atoms with Crippen LogP contribution in [0.15, 0.2) is 56.8 Å². The van der Waals surface area contributed by atoms with E-state index < -0.39 is 0 Å². The van der Waals surface area contributed by atoms with E-state index in [-0.39, 0.29) is 17.2 Å². The lowest BCUT2D eigenvalue weighted by molar-refractivity contribution is -0.112. The van der Waals surface area contributed by atoms with E-state index in [1.165, 1.54) is 4.68 Å². The van der Waals surface area contributed by atoms with Gasteiger partial charge in [-0.15, -0.1) is 0 Å². The number of amides is 1. The summed E-state index contributed by atoms with van der Waals surface area (Å²) in [5, 5.41) is 8.29. The Morgan fingerprint density at radius 3 is 2.71 bits per heavy atom. The molecule has 1 fully saturated rings. The number of halogens is 1. The molecular formula is C22H21BrN6O2. The molecule has 8 nitrogen and oxygen atoms in total. The van der Waals surface area contributed by atoms with Crippen molar-refractivity contribution in [2.24, 2.45) is 5.10 Å². The van der Waals surface area contributed by atoms with Crippen molar-refractivity contribution in [3.05, 3.63) is 68.7 Å². The Morgan fingerprint density at radius 1 is 1.13 bits per heavy atom. The van der Waals surface area contributed by atoms with Crippen molar-refractivity contribution < 1.29 is 4.79 Å². The predicted octanol–water partition coefficient (Wildman–Crippen LogP) is 1.93. The Labute approximate surface area is 187 Å². The van der Waals surface area contributed by atoms with E-state index in [0.29, 0.717) is 23.4 Å². The van der Waals surface area contributed by atoms with Gasteiger partial charge in [0.2, 0.25) is 0 Å². The molecule has 0 aliphatic carbocycles. The zero-order valence-corrected chi connectivity index (χ0v) is 18.6. The monoisotopic (exact) mass is 480 g/mol. The van der Waals surface area contributed by atoms with Gasteiger partial charge in [-0.1, -0.05) is 34.1 Å². The maximum Gasteiger partial charge on any atom is 0.282 e. The van der Waals surface area contributed by atoms with Gasteiger partial charge in [0, 0.05) is 36.2 Å². The molecule has 31 heavy (non-hydrogen) atoms. The maximum atomic E-state index is 13.4. The lowest BCUT2D eigenvalue weighted by Gasteiger charge is -2.31. The Kier molecular flexibility index (Phi) is 5.17. The second kappa shape index (κ2) is 7.99. The minimum Gasteiger partial charge on any atom is -0.314 e. The normalized spacial score (nSPS) is 18.2. The second-order valence-electron chi connectivity index (χ2n) is 7.65. The van der Waals surface area contributed by atoms with Crippen LogP contribution in [-0.4, -0.2) is 59.0 Å². The van der Waals surface area contributed by atoms with Gasteiger partial charge in [0.15, 0.2) is 5.71 Å². The molecule has 1 aromatic heterocycles. The summed E-state index contributed by atoms with van der Waals surface area (Å²) in [7, 11) is 0. The predicted molar refractivity (Wildman–Crippen MR) is 124 cm³/mol. The Hall–Kier alpha value is -2.88. The van der Waals surface area contributed by atoms with Crippen molar-refractivity contribution in [3.8, 4) is 0 Å². The smallest absolute Gasteiger partial charge is 0.282 e. The number of aryl methyl sites for hydroxylation is 1. The molecule has 0 saturated carbocycles. The van der Waals surface area contributed by atoms with Gasteiger partial charge in [-0.2, -0.15) is 9.78 Å². The zero-order valence-electron chi connectivity index (χ0n) is 17.0. The largest absolute Gasteiger partial charge is 0.314 e. The first kappa shape index (κ1) is 20.0. The van der Waals surface area contributed by atoms with Crippen LogP contribution in [0.5, 0.6) is 0 Å². The highest BCUT2D eigenvalue weighted by Crippen LogP contribution is 2.29. The van der Waals surface area contributed by atoms with E-state index in [1.54, 1.807) is 24.0 Å². The Balaban J connectivity index is 1.60. The first-order chi connectivity index (χ1) is 15.0. The van der Waals surface area contributed by atoms with Crippen LogP contribution < -0.4 is 15.8 Å². The van der Waals surface area contributed by atoms with Crippen LogP contribution >= 0.6 is 15.9 Å². The number of para-hydroxylation sites is 1. The summed E-state index contributed by atoms with van der Waals surface area (Å²) in [4.78, 5) is 35.0. The topological polar surface area (TPSA) is 82.8 Å². The summed E-state index contributed by atoms with van der Waals surface area (Å²) in [5.74, 6) is 0.221. The third-order valence-corrected chi connectivity index (χ3v) is 6.11. The average Bonchev–Trinajstić information content (AvgIpc) is 3.04. The molecule has 1 amide bonds. The third-order valence-electron chi connectivity index (χ3n) is 5.62. The van der Waals surface area contributed by atoms with Gasteiger partial charge in [-0.05, 0) is 31.2 Å². The maximum absolute atomic E-state index is 13.4. The van der Waals surface area contributed by atoms with Crippen molar-refractivity contribution in [2.75, 3.05) is 37.7 Å². The molecule has 2 aliphatic heterocycles. The van der Waals surface area contributed by atoms with E-state index in [9.17, 15) is 9.59 Å². The van der Waals surface area contributed by atoms with Crippen LogP contribution in [0.25, 0.3) is 10.9 Å². The molecule has 5 rings (SSSR count). The molecule has 2 aromatic carbocycles. The number of piperazine rings is 1. The van der Waals surface area contributed by atoms with Gasteiger partial charge < -0.3 is 5.32 Å². The summed E-state index contributed by atoms with van der Waals surface area (Å²) < 4.78 is 2.01. The SMILES string of the molecule is Cc1nc2ccc(Br)cc2c(=O)n1/N=C1/C(=O)N(CN2CCNCC2)c2ccccc21. The third kappa shape index (κ3) is 3.58. The number of nitrogens with zero attached hydrogens (tertiary/aromatic N) is 5. The molecule has 3 aromatic rings. The van der Waals surface area contributed by atoms with Crippen LogP contribution in [0.4, 0.5) is 5.69 Å². The highest BCUT2D eigenvalue weighted by atomic mass is 79.9. The Morgan fingerprint density at radius 2 is 1.90 bits per heavy atom. The Bertz CT molecular complexity index is 1280. The van der Waals surface area contributed by atoms with Crippen LogP contribution in [0.3, 0.4) is 0 Å². The highest BCUT2D eigenvalue weighted by Gasteiger charge is 2.35. The number of hydrogen-bond donors (Lipinski definition) is 1. The molecule has 1 N–H and O–H groups in total. The fourth-order valence-corrected chi connectivity index (χ4v) is 4.39. The first-order valence-electron chi connectivity index (χ1n) is 10.1. The molecule has 0 spiro atoms. The van der Waals surface area contributed by atoms with Crippen molar-refractivity contribution in [1.29, 1.82) is 0 Å². The summed E-state index contributed by atoms with van der Waals surface area (Å²) in [6.07, 6.45) is 0. The van der Waals surface area contributed by atoms with E-state index in [1.807, 2.05) is 30.3 Å². The van der Waals surface area contributed by atoms with E-state index in [2.05, 4.69) is 36.2 Å². The lowest BCUT2D eigenvalue weighted by Crippen LogP contribution is -2.49. The molecule has 0 atom stereocenters. The number of rotatable bonds is 3. The number of fused-ring (bicyclic) bond motifs is 2. The van der Waals surface area contributed by atoms with E-state index in [4.69, 9.17) is 0 Å². The molecule has 2 aliphatic rings. The minimum atomic E-state index is -0.304. The van der Waals surface area contributed by atoms with Gasteiger partial charge in [0.25, 0.3) is 11.5 Å². The first-order valence-corrected chi connectivity index (χ1v) is 10.9. The second-order valence-corrected chi connectivity index (χ2v) is 8.56. The molecule has 0 radical (unpaired) electrons. The van der Waals surface area contributed by atoms with Gasteiger partial charge in [0.1, 0.15) is 5.82 Å². The van der Waals surface area contributed by atoms with Crippen LogP contribution in [0.2, 0.25) is 0 Å².